The Kier molecular flexibility index (Phi) is 40.8. The molecule has 0 bridgehead atoms. The van der Waals surface area contributed by atoms with Gasteiger partial charge >= 0.3 is 23.1 Å². The van der Waals surface area contributed by atoms with Crippen molar-refractivity contribution in [1.82, 2.24) is 0 Å². The summed E-state index contributed by atoms with van der Waals surface area (Å²) in [6.45, 7) is 6.73. The van der Waals surface area contributed by atoms with Gasteiger partial charge in [-0.05, 0) is 5.92 Å². The van der Waals surface area contributed by atoms with E-state index < -0.39 is 0 Å². The fourth-order valence-electron chi connectivity index (χ4n) is 0.577. The zero-order valence-electron chi connectivity index (χ0n) is 6.45. The Morgan fingerprint density at radius 3 is 1.44 bits per heavy atom. The van der Waals surface area contributed by atoms with Crippen molar-refractivity contribution in [2.75, 3.05) is 0 Å². The van der Waals surface area contributed by atoms with Crippen LogP contribution in [0.1, 0.15) is 33.6 Å². The first kappa shape index (κ1) is 22.4. The second kappa shape index (κ2) is 16.4. The first-order valence-electron chi connectivity index (χ1n) is 2.77. The van der Waals surface area contributed by atoms with Crippen molar-refractivity contribution in [3.63, 3.8) is 0 Å². The van der Waals surface area contributed by atoms with Crippen molar-refractivity contribution in [3.05, 3.63) is 0 Å². The summed E-state index contributed by atoms with van der Waals surface area (Å²) >= 11 is 0. The molecule has 0 aliphatic heterocycles. The van der Waals surface area contributed by atoms with Crippen molar-refractivity contribution in [3.8, 4) is 0 Å². The van der Waals surface area contributed by atoms with Gasteiger partial charge < -0.3 is 34.0 Å². The zero-order chi connectivity index (χ0) is 4.99. The van der Waals surface area contributed by atoms with Gasteiger partial charge in [0.05, 0.1) is 0 Å². The maximum absolute atomic E-state index is 2.25. The summed E-state index contributed by atoms with van der Waals surface area (Å²) in [7, 11) is 0. The van der Waals surface area contributed by atoms with Gasteiger partial charge in [-0.25, -0.2) is 0 Å². The van der Waals surface area contributed by atoms with Gasteiger partial charge in [0, 0.05) is 0 Å². The molecule has 0 saturated heterocycles. The first-order chi connectivity index (χ1) is 2.77. The van der Waals surface area contributed by atoms with Crippen LogP contribution in [0.25, 0.3) is 0 Å². The Morgan fingerprint density at radius 1 is 1.11 bits per heavy atom. The summed E-state index contributed by atoms with van der Waals surface area (Å²) in [4.78, 5) is 0. The molecule has 0 radical (unpaired) electrons. The number of hydrogen-bond donors (Lipinski definition) is 0. The summed E-state index contributed by atoms with van der Waals surface area (Å²) in [5.74, 6) is 0.898. The molecule has 0 aromatic rings. The number of hydrogen-bond acceptors (Lipinski definition) is 0. The monoisotopic (exact) mass is 268 g/mol. The maximum atomic E-state index is 2.25. The molecule has 0 nitrogen and oxygen atoms in total. The standard InChI is InChI=1S/C6H14.2BrH.Mg/c1-4-5-6(2)3;;;/h6H,4-5H2,1-3H3;2*1H;/q;;;+2/p-2. The molecule has 0 N–H and O–H groups in total. The van der Waals surface area contributed by atoms with Crippen molar-refractivity contribution < 1.29 is 34.0 Å². The van der Waals surface area contributed by atoms with Crippen LogP contribution < -0.4 is 34.0 Å². The Bertz CT molecular complexity index is 32.2. The van der Waals surface area contributed by atoms with Gasteiger partial charge in [-0.3, -0.25) is 0 Å². The van der Waals surface area contributed by atoms with Crippen LogP contribution in [-0.4, -0.2) is 23.1 Å². The van der Waals surface area contributed by atoms with Crippen LogP contribution in [0, 0.1) is 5.92 Å². The Hall–Kier alpha value is 1.73. The van der Waals surface area contributed by atoms with Crippen LogP contribution in [0.5, 0.6) is 0 Å². The third kappa shape index (κ3) is 26.0. The molecule has 9 heavy (non-hydrogen) atoms. The van der Waals surface area contributed by atoms with Gasteiger partial charge in [0.2, 0.25) is 0 Å². The summed E-state index contributed by atoms with van der Waals surface area (Å²) in [6.07, 6.45) is 2.71. The second-order valence-electron chi connectivity index (χ2n) is 2.18. The zero-order valence-corrected chi connectivity index (χ0v) is 11.0. The molecule has 0 aromatic carbocycles. The fourth-order valence-corrected chi connectivity index (χ4v) is 0.577. The van der Waals surface area contributed by atoms with Crippen molar-refractivity contribution in [2.24, 2.45) is 5.92 Å². The Balaban J connectivity index is -0.0000000417. The fraction of sp³-hybridized carbons (Fsp3) is 1.00. The largest absolute Gasteiger partial charge is 2.00 e. The van der Waals surface area contributed by atoms with Gasteiger partial charge in [-0.1, -0.05) is 33.6 Å². The molecule has 0 atom stereocenters. The molecule has 0 amide bonds. The number of rotatable bonds is 2. The molecule has 0 heterocycles. The summed E-state index contributed by atoms with van der Waals surface area (Å²) < 4.78 is 0. The van der Waals surface area contributed by atoms with Gasteiger partial charge in [0.25, 0.3) is 0 Å². The molecule has 0 unspecified atom stereocenters. The molecular weight excluding hydrogens is 256 g/mol. The molecular formula is C6H14Br2Mg. The molecule has 0 spiro atoms. The maximum Gasteiger partial charge on any atom is 2.00 e. The molecule has 54 valence electrons. The topological polar surface area (TPSA) is 0 Å². The van der Waals surface area contributed by atoms with E-state index in [4.69, 9.17) is 0 Å². The Morgan fingerprint density at radius 2 is 1.44 bits per heavy atom. The van der Waals surface area contributed by atoms with Gasteiger partial charge in [-0.2, -0.15) is 0 Å². The third-order valence-corrected chi connectivity index (χ3v) is 0.866. The van der Waals surface area contributed by atoms with Crippen LogP contribution in [0.15, 0.2) is 0 Å². The summed E-state index contributed by atoms with van der Waals surface area (Å²) in [6, 6.07) is 0. The van der Waals surface area contributed by atoms with Gasteiger partial charge in [0.15, 0.2) is 0 Å². The molecule has 0 aliphatic rings. The molecule has 0 aliphatic carbocycles. The van der Waals surface area contributed by atoms with E-state index in [0.29, 0.717) is 0 Å². The third-order valence-electron chi connectivity index (χ3n) is 0.866. The Labute approximate surface area is 95.9 Å². The van der Waals surface area contributed by atoms with E-state index in [-0.39, 0.29) is 57.0 Å². The molecule has 3 heteroatoms. The minimum Gasteiger partial charge on any atom is -1.00 e. The van der Waals surface area contributed by atoms with Crippen LogP contribution in [0.3, 0.4) is 0 Å². The normalized spacial score (nSPS) is 6.67. The average molecular weight is 270 g/mol. The predicted octanol–water partition coefficient (Wildman–Crippen LogP) is -3.93. The van der Waals surface area contributed by atoms with Crippen LogP contribution in [0.4, 0.5) is 0 Å². The van der Waals surface area contributed by atoms with E-state index >= 15 is 0 Å². The van der Waals surface area contributed by atoms with E-state index in [1.807, 2.05) is 0 Å². The van der Waals surface area contributed by atoms with E-state index in [9.17, 15) is 0 Å². The van der Waals surface area contributed by atoms with Crippen LogP contribution in [0.2, 0.25) is 0 Å². The molecule has 0 rings (SSSR count). The first-order valence-corrected chi connectivity index (χ1v) is 2.77. The second-order valence-corrected chi connectivity index (χ2v) is 2.18. The van der Waals surface area contributed by atoms with Gasteiger partial charge in [0.1, 0.15) is 0 Å². The van der Waals surface area contributed by atoms with E-state index in [1.165, 1.54) is 12.8 Å². The minimum absolute atomic E-state index is 0. The average Bonchev–Trinajstić information content (AvgIpc) is 1.35. The van der Waals surface area contributed by atoms with E-state index in [1.54, 1.807) is 0 Å². The van der Waals surface area contributed by atoms with Crippen LogP contribution >= 0.6 is 0 Å². The summed E-state index contributed by atoms with van der Waals surface area (Å²) in [5.41, 5.74) is 0. The van der Waals surface area contributed by atoms with Crippen molar-refractivity contribution >= 4 is 23.1 Å². The van der Waals surface area contributed by atoms with Crippen LogP contribution in [-0.2, 0) is 0 Å². The van der Waals surface area contributed by atoms with E-state index in [0.717, 1.165) is 5.92 Å². The SMILES string of the molecule is CCCC(C)C.[Br-].[Br-].[Mg+2]. The molecule has 0 fully saturated rings. The van der Waals surface area contributed by atoms with Crippen molar-refractivity contribution in [1.29, 1.82) is 0 Å². The minimum atomic E-state index is 0. The molecule has 0 saturated carbocycles. The predicted molar refractivity (Wildman–Crippen MR) is 35.5 cm³/mol. The smallest absolute Gasteiger partial charge is 1.00 e. The summed E-state index contributed by atoms with van der Waals surface area (Å²) in [5, 5.41) is 0. The number of halogens is 2. The van der Waals surface area contributed by atoms with E-state index in [2.05, 4.69) is 20.8 Å². The van der Waals surface area contributed by atoms with Gasteiger partial charge in [-0.15, -0.1) is 0 Å². The quantitative estimate of drug-likeness (QED) is 0.450. The van der Waals surface area contributed by atoms with Crippen molar-refractivity contribution in [2.45, 2.75) is 33.6 Å². The molecule has 0 aromatic heterocycles.